The molecule has 2 saturated heterocycles. The van der Waals surface area contributed by atoms with Gasteiger partial charge in [0, 0.05) is 52.6 Å². The number of hydrogen-bond acceptors (Lipinski definition) is 5. The molecule has 0 saturated carbocycles. The van der Waals surface area contributed by atoms with Gasteiger partial charge in [-0.1, -0.05) is 0 Å². The smallest absolute Gasteiger partial charge is 0.276 e. The lowest BCUT2D eigenvalue weighted by Crippen LogP contribution is -2.50. The zero-order valence-corrected chi connectivity index (χ0v) is 12.5. The van der Waals surface area contributed by atoms with E-state index in [1.165, 1.54) is 6.42 Å². The first-order valence-corrected chi connectivity index (χ1v) is 7.56. The number of rotatable bonds is 3. The number of aromatic nitrogens is 2. The average molecular weight is 293 g/mol. The van der Waals surface area contributed by atoms with Gasteiger partial charge in [0.25, 0.3) is 5.91 Å². The third-order valence-corrected chi connectivity index (χ3v) is 4.20. The molecule has 7 nitrogen and oxygen atoms in total. The molecule has 0 spiro atoms. The fraction of sp³-hybridized carbons (Fsp3) is 0.714. The molecule has 2 fully saturated rings. The summed E-state index contributed by atoms with van der Waals surface area (Å²) in [5.41, 5.74) is 6.64. The number of hydrogen-bond donors (Lipinski definition) is 1. The molecular formula is C14H23N5O2. The summed E-state index contributed by atoms with van der Waals surface area (Å²) in [5.74, 6) is -0.0649. The van der Waals surface area contributed by atoms with Crippen molar-refractivity contribution in [3.05, 3.63) is 11.9 Å². The number of amides is 1. The minimum Gasteiger partial charge on any atom is -0.396 e. The number of nitrogen functional groups attached to an aromatic ring is 1. The molecule has 1 aromatic heterocycles. The fourth-order valence-corrected chi connectivity index (χ4v) is 3.03. The highest BCUT2D eigenvalue weighted by Gasteiger charge is 2.27. The van der Waals surface area contributed by atoms with Crippen molar-refractivity contribution in [3.8, 4) is 0 Å². The van der Waals surface area contributed by atoms with Crippen molar-refractivity contribution < 1.29 is 9.53 Å². The molecule has 21 heavy (non-hydrogen) atoms. The van der Waals surface area contributed by atoms with E-state index in [1.807, 2.05) is 4.90 Å². The first-order valence-electron chi connectivity index (χ1n) is 7.56. The second-order valence-corrected chi connectivity index (χ2v) is 5.83. The zero-order chi connectivity index (χ0) is 14.8. The molecule has 1 unspecified atom stereocenters. The first-order chi connectivity index (χ1) is 10.1. The standard InChI is InChI=1S/C14H23N5O2/c1-17-10-12(15)13(16-17)14(20)19-6-4-18(5-7-19)9-11-3-2-8-21-11/h10-11H,2-9,15H2,1H3. The van der Waals surface area contributed by atoms with Gasteiger partial charge in [0.05, 0.1) is 11.8 Å². The minimum atomic E-state index is -0.0649. The third kappa shape index (κ3) is 3.19. The highest BCUT2D eigenvalue weighted by atomic mass is 16.5. The second kappa shape index (κ2) is 6.03. The van der Waals surface area contributed by atoms with Gasteiger partial charge in [0.15, 0.2) is 5.69 Å². The van der Waals surface area contributed by atoms with Crippen LogP contribution in [-0.2, 0) is 11.8 Å². The number of nitrogens with two attached hydrogens (primary N) is 1. The molecule has 2 aliphatic rings. The van der Waals surface area contributed by atoms with E-state index in [0.29, 0.717) is 17.5 Å². The van der Waals surface area contributed by atoms with Gasteiger partial charge in [0.2, 0.25) is 0 Å². The summed E-state index contributed by atoms with van der Waals surface area (Å²) in [6.07, 6.45) is 4.37. The Morgan fingerprint density at radius 2 is 2.19 bits per heavy atom. The Bertz CT molecular complexity index is 501. The number of carbonyl (C=O) groups is 1. The van der Waals surface area contributed by atoms with Gasteiger partial charge in [-0.2, -0.15) is 5.10 Å². The van der Waals surface area contributed by atoms with Gasteiger partial charge in [-0.05, 0) is 12.8 Å². The van der Waals surface area contributed by atoms with Crippen LogP contribution in [-0.4, -0.2) is 70.9 Å². The third-order valence-electron chi connectivity index (χ3n) is 4.20. The van der Waals surface area contributed by atoms with Crippen molar-refractivity contribution in [1.82, 2.24) is 19.6 Å². The molecule has 0 aromatic carbocycles. The molecule has 2 aliphatic heterocycles. The Morgan fingerprint density at radius 1 is 1.43 bits per heavy atom. The fourth-order valence-electron chi connectivity index (χ4n) is 3.03. The minimum absolute atomic E-state index is 0.0649. The molecule has 116 valence electrons. The predicted molar refractivity (Wildman–Crippen MR) is 78.9 cm³/mol. The summed E-state index contributed by atoms with van der Waals surface area (Å²) in [7, 11) is 1.77. The van der Waals surface area contributed by atoms with Crippen molar-refractivity contribution in [2.45, 2.75) is 18.9 Å². The van der Waals surface area contributed by atoms with Crippen LogP contribution in [0, 0.1) is 0 Å². The van der Waals surface area contributed by atoms with E-state index in [1.54, 1.807) is 17.9 Å². The van der Waals surface area contributed by atoms with Crippen LogP contribution in [0.1, 0.15) is 23.3 Å². The Labute approximate surface area is 124 Å². The van der Waals surface area contributed by atoms with Crippen molar-refractivity contribution in [2.24, 2.45) is 7.05 Å². The van der Waals surface area contributed by atoms with E-state index >= 15 is 0 Å². The molecule has 0 radical (unpaired) electrons. The molecule has 1 atom stereocenters. The van der Waals surface area contributed by atoms with Gasteiger partial charge in [0.1, 0.15) is 0 Å². The zero-order valence-electron chi connectivity index (χ0n) is 12.5. The van der Waals surface area contributed by atoms with Crippen molar-refractivity contribution in [2.75, 3.05) is 45.1 Å². The number of anilines is 1. The van der Waals surface area contributed by atoms with Crippen LogP contribution in [0.4, 0.5) is 5.69 Å². The normalized spacial score (nSPS) is 23.7. The van der Waals surface area contributed by atoms with Gasteiger partial charge in [-0.25, -0.2) is 0 Å². The maximum absolute atomic E-state index is 12.4. The lowest BCUT2D eigenvalue weighted by atomic mass is 10.2. The second-order valence-electron chi connectivity index (χ2n) is 5.83. The van der Waals surface area contributed by atoms with Crippen LogP contribution in [0.3, 0.4) is 0 Å². The summed E-state index contributed by atoms with van der Waals surface area (Å²) >= 11 is 0. The molecule has 7 heteroatoms. The van der Waals surface area contributed by atoms with E-state index in [2.05, 4.69) is 10.00 Å². The molecule has 0 aliphatic carbocycles. The van der Waals surface area contributed by atoms with Gasteiger partial charge in [-0.15, -0.1) is 0 Å². The molecule has 1 amide bonds. The summed E-state index contributed by atoms with van der Waals surface area (Å²) < 4.78 is 7.25. The monoisotopic (exact) mass is 293 g/mol. The number of nitrogens with zero attached hydrogens (tertiary/aromatic N) is 4. The predicted octanol–water partition coefficient (Wildman–Crippen LogP) is -0.0609. The highest BCUT2D eigenvalue weighted by Crippen LogP contribution is 2.16. The van der Waals surface area contributed by atoms with Crippen LogP contribution in [0.25, 0.3) is 0 Å². The van der Waals surface area contributed by atoms with Crippen LogP contribution in [0.15, 0.2) is 6.20 Å². The Morgan fingerprint density at radius 3 is 2.76 bits per heavy atom. The number of ether oxygens (including phenoxy) is 1. The Kier molecular flexibility index (Phi) is 4.12. The topological polar surface area (TPSA) is 76.6 Å². The first kappa shape index (κ1) is 14.3. The molecular weight excluding hydrogens is 270 g/mol. The lowest BCUT2D eigenvalue weighted by Gasteiger charge is -2.35. The maximum Gasteiger partial charge on any atom is 0.276 e. The van der Waals surface area contributed by atoms with E-state index in [4.69, 9.17) is 10.5 Å². The van der Waals surface area contributed by atoms with E-state index < -0.39 is 0 Å². The van der Waals surface area contributed by atoms with Gasteiger partial charge >= 0.3 is 0 Å². The molecule has 0 bridgehead atoms. The Hall–Kier alpha value is -1.60. The average Bonchev–Trinajstić information content (AvgIpc) is 3.08. The van der Waals surface area contributed by atoms with Crippen molar-refractivity contribution >= 4 is 11.6 Å². The van der Waals surface area contributed by atoms with Crippen LogP contribution in [0.2, 0.25) is 0 Å². The molecule has 1 aromatic rings. The quantitative estimate of drug-likeness (QED) is 0.845. The van der Waals surface area contributed by atoms with Crippen molar-refractivity contribution in [1.29, 1.82) is 0 Å². The summed E-state index contributed by atoms with van der Waals surface area (Å²) in [5, 5.41) is 4.15. The number of piperazine rings is 1. The van der Waals surface area contributed by atoms with Crippen LogP contribution >= 0.6 is 0 Å². The van der Waals surface area contributed by atoms with Gasteiger partial charge < -0.3 is 15.4 Å². The van der Waals surface area contributed by atoms with Crippen LogP contribution in [0.5, 0.6) is 0 Å². The van der Waals surface area contributed by atoms with E-state index in [9.17, 15) is 4.79 Å². The lowest BCUT2D eigenvalue weighted by molar-refractivity contribution is 0.0430. The van der Waals surface area contributed by atoms with Crippen LogP contribution < -0.4 is 5.73 Å². The van der Waals surface area contributed by atoms with Gasteiger partial charge in [-0.3, -0.25) is 14.4 Å². The van der Waals surface area contributed by atoms with Crippen molar-refractivity contribution in [3.63, 3.8) is 0 Å². The number of aryl methyl sites for hydroxylation is 1. The highest BCUT2D eigenvalue weighted by molar-refractivity contribution is 5.97. The Balaban J connectivity index is 1.53. The van der Waals surface area contributed by atoms with E-state index in [0.717, 1.165) is 45.8 Å². The molecule has 3 rings (SSSR count). The largest absolute Gasteiger partial charge is 0.396 e. The van der Waals surface area contributed by atoms with E-state index in [-0.39, 0.29) is 5.91 Å². The summed E-state index contributed by atoms with van der Waals surface area (Å²) in [6.45, 7) is 5.09. The summed E-state index contributed by atoms with van der Waals surface area (Å²) in [6, 6.07) is 0. The SMILES string of the molecule is Cn1cc(N)c(C(=O)N2CCN(CC3CCCO3)CC2)n1. The number of carbonyl (C=O) groups excluding carboxylic acids is 1. The molecule has 3 heterocycles. The summed E-state index contributed by atoms with van der Waals surface area (Å²) in [4.78, 5) is 16.6. The maximum atomic E-state index is 12.4. The molecule has 2 N–H and O–H groups in total.